The quantitative estimate of drug-likeness (QED) is 0.116. The highest BCUT2D eigenvalue weighted by Crippen LogP contribution is 2.34. The van der Waals surface area contributed by atoms with Crippen LogP contribution in [-0.2, 0) is 9.57 Å². The molecule has 0 saturated carbocycles. The number of benzene rings is 3. The van der Waals surface area contributed by atoms with Gasteiger partial charge >= 0.3 is 5.97 Å². The number of nitrogens with zero attached hydrogens (tertiary/aromatic N) is 5. The average molecular weight is 617 g/mol. The number of amidine groups is 1. The molecule has 11 nitrogen and oxygen atoms in total. The molecule has 45 heavy (non-hydrogen) atoms. The number of anilines is 3. The Kier molecular flexibility index (Phi) is 7.87. The van der Waals surface area contributed by atoms with Gasteiger partial charge in [0.25, 0.3) is 0 Å². The van der Waals surface area contributed by atoms with Crippen molar-refractivity contribution >= 4 is 45.4 Å². The number of nitrogens with one attached hydrogen (secondary N) is 3. The molecule has 0 bridgehead atoms. The fraction of sp³-hybridized carbons (Fsp3) is 0.121. The summed E-state index contributed by atoms with van der Waals surface area (Å²) in [6.07, 6.45) is 3.69. The van der Waals surface area contributed by atoms with Crippen LogP contribution < -0.4 is 15.7 Å². The smallest absolute Gasteiger partial charge is 0.362 e. The maximum absolute atomic E-state index is 12.4. The number of carbonyl (C=O) groups is 1. The number of morpholine rings is 1. The van der Waals surface area contributed by atoms with Gasteiger partial charge in [0.05, 0.1) is 30.2 Å². The third-order valence-corrected chi connectivity index (χ3v) is 8.08. The Bertz CT molecular complexity index is 1980. The lowest BCUT2D eigenvalue weighted by atomic mass is 10.0. The standard InChI is InChI=1S/C33H28N8O3S/c34-30(39-44-31(42)22-6-2-1-3-7-22)24-9-4-8-23(20-24)28-29(41-16-19-45-33(41)38-28)27-12-13-35-32(37-27)36-25-10-5-11-26(21-25)40-14-17-43-18-15-40/h1-13,16,19-21H,14-15,17-18H2,(H2,34,39)(H,35,36,37). The van der Waals surface area contributed by atoms with Gasteiger partial charge in [-0.1, -0.05) is 42.5 Å². The molecule has 3 N–H and O–H groups in total. The molecule has 1 fully saturated rings. The number of aromatic nitrogens is 4. The van der Waals surface area contributed by atoms with Gasteiger partial charge in [-0.15, -0.1) is 11.3 Å². The van der Waals surface area contributed by atoms with Gasteiger partial charge in [0, 0.05) is 53.4 Å². The Morgan fingerprint density at radius 1 is 0.933 bits per heavy atom. The lowest BCUT2D eigenvalue weighted by molar-refractivity contribution is 0.0386. The molecule has 1 saturated heterocycles. The molecule has 0 amide bonds. The Morgan fingerprint density at radius 2 is 1.76 bits per heavy atom. The van der Waals surface area contributed by atoms with Gasteiger partial charge in [0.15, 0.2) is 10.8 Å². The van der Waals surface area contributed by atoms with Gasteiger partial charge in [-0.05, 0) is 42.5 Å². The molecule has 6 aromatic rings. The number of fused-ring (bicyclic) bond motifs is 1. The fourth-order valence-electron chi connectivity index (χ4n) is 5.13. The molecule has 0 radical (unpaired) electrons. The van der Waals surface area contributed by atoms with Crippen LogP contribution in [0.1, 0.15) is 15.9 Å². The molecular formula is C33H28N8O3S. The summed E-state index contributed by atoms with van der Waals surface area (Å²) < 4.78 is 7.50. The molecule has 3 aromatic carbocycles. The minimum atomic E-state index is -0.575. The Balaban J connectivity index is 1.15. The summed E-state index contributed by atoms with van der Waals surface area (Å²) in [7, 11) is 0. The van der Waals surface area contributed by atoms with Crippen LogP contribution in [0, 0.1) is 5.41 Å². The number of imidazole rings is 1. The maximum atomic E-state index is 12.4. The van der Waals surface area contributed by atoms with E-state index in [1.54, 1.807) is 36.5 Å². The first-order chi connectivity index (χ1) is 22.1. The summed E-state index contributed by atoms with van der Waals surface area (Å²) in [4.78, 5) is 34.9. The first kappa shape index (κ1) is 28.2. The van der Waals surface area contributed by atoms with Gasteiger partial charge < -0.3 is 19.8 Å². The molecule has 224 valence electrons. The summed E-state index contributed by atoms with van der Waals surface area (Å²) in [5.74, 6) is -0.173. The van der Waals surface area contributed by atoms with Crippen molar-refractivity contribution in [1.82, 2.24) is 24.8 Å². The Labute approximate surface area is 262 Å². The van der Waals surface area contributed by atoms with E-state index in [-0.39, 0.29) is 5.84 Å². The second kappa shape index (κ2) is 12.6. The number of hydrogen-bond acceptors (Lipinski definition) is 10. The maximum Gasteiger partial charge on any atom is 0.362 e. The molecule has 1 aliphatic heterocycles. The van der Waals surface area contributed by atoms with Gasteiger partial charge in [0.2, 0.25) is 5.95 Å². The lowest BCUT2D eigenvalue weighted by Crippen LogP contribution is -2.36. The zero-order chi connectivity index (χ0) is 30.6. The Morgan fingerprint density at radius 3 is 2.62 bits per heavy atom. The van der Waals surface area contributed by atoms with E-state index in [0.717, 1.165) is 53.9 Å². The van der Waals surface area contributed by atoms with E-state index in [9.17, 15) is 4.79 Å². The minimum absolute atomic E-state index is 0.0588. The third-order valence-electron chi connectivity index (χ3n) is 7.32. The van der Waals surface area contributed by atoms with Gasteiger partial charge in [-0.3, -0.25) is 9.81 Å². The van der Waals surface area contributed by atoms with Crippen LogP contribution in [0.25, 0.3) is 27.6 Å². The highest BCUT2D eigenvalue weighted by atomic mass is 32.1. The van der Waals surface area contributed by atoms with Crippen LogP contribution in [0.3, 0.4) is 0 Å². The largest absolute Gasteiger partial charge is 0.378 e. The molecule has 0 atom stereocenters. The van der Waals surface area contributed by atoms with Crippen LogP contribution in [0.5, 0.6) is 0 Å². The van der Waals surface area contributed by atoms with E-state index in [4.69, 9.17) is 25.0 Å². The fourth-order valence-corrected chi connectivity index (χ4v) is 5.84. The van der Waals surface area contributed by atoms with Crippen molar-refractivity contribution in [1.29, 1.82) is 5.41 Å². The summed E-state index contributed by atoms with van der Waals surface area (Å²) in [6, 6.07) is 26.0. The van der Waals surface area contributed by atoms with Crippen LogP contribution >= 0.6 is 11.3 Å². The van der Waals surface area contributed by atoms with Crippen LogP contribution in [0.15, 0.2) is 103 Å². The normalized spacial score (nSPS) is 13.0. The van der Waals surface area contributed by atoms with Crippen LogP contribution in [0.2, 0.25) is 0 Å². The Hall–Kier alpha value is -5.59. The van der Waals surface area contributed by atoms with E-state index in [0.29, 0.717) is 28.5 Å². The number of hydroxylamine groups is 1. The summed E-state index contributed by atoms with van der Waals surface area (Å²) >= 11 is 1.52. The summed E-state index contributed by atoms with van der Waals surface area (Å²) in [5.41, 5.74) is 8.36. The molecule has 0 spiro atoms. The highest BCUT2D eigenvalue weighted by molar-refractivity contribution is 7.15. The predicted octanol–water partition coefficient (Wildman–Crippen LogP) is 5.79. The van der Waals surface area contributed by atoms with Crippen molar-refractivity contribution in [3.8, 4) is 22.6 Å². The predicted molar refractivity (Wildman–Crippen MR) is 174 cm³/mol. The number of carbonyl (C=O) groups excluding carboxylic acids is 1. The van der Waals surface area contributed by atoms with E-state index in [2.05, 4.69) is 32.8 Å². The zero-order valence-corrected chi connectivity index (χ0v) is 24.8. The van der Waals surface area contributed by atoms with E-state index in [1.807, 2.05) is 58.4 Å². The van der Waals surface area contributed by atoms with Gasteiger partial charge in [-0.25, -0.2) is 19.7 Å². The van der Waals surface area contributed by atoms with Crippen LogP contribution in [-0.4, -0.2) is 57.5 Å². The second-order valence-corrected chi connectivity index (χ2v) is 11.1. The van der Waals surface area contributed by atoms with Crippen LogP contribution in [0.4, 0.5) is 17.3 Å². The average Bonchev–Trinajstić information content (AvgIpc) is 3.70. The van der Waals surface area contributed by atoms with Crippen molar-refractivity contribution in [2.24, 2.45) is 0 Å². The van der Waals surface area contributed by atoms with Crippen molar-refractivity contribution in [2.45, 2.75) is 0 Å². The third kappa shape index (κ3) is 6.09. The number of hydrogen-bond donors (Lipinski definition) is 3. The molecule has 4 heterocycles. The van der Waals surface area contributed by atoms with Crippen molar-refractivity contribution < 1.29 is 14.4 Å². The molecule has 12 heteroatoms. The van der Waals surface area contributed by atoms with E-state index >= 15 is 0 Å². The van der Waals surface area contributed by atoms with Crippen molar-refractivity contribution in [3.05, 3.63) is 114 Å². The molecule has 1 aliphatic rings. The first-order valence-corrected chi connectivity index (χ1v) is 15.2. The van der Waals surface area contributed by atoms with E-state index in [1.165, 1.54) is 11.3 Å². The molecule has 0 unspecified atom stereocenters. The van der Waals surface area contributed by atoms with Crippen molar-refractivity contribution in [2.75, 3.05) is 36.5 Å². The van der Waals surface area contributed by atoms with Gasteiger partial charge in [0.1, 0.15) is 5.69 Å². The second-order valence-electron chi connectivity index (χ2n) is 10.2. The SMILES string of the molecule is N=C(NOC(=O)c1ccccc1)c1cccc(-c2nc3sccn3c2-c2ccnc(Nc3cccc(N4CCOCC4)c3)n2)c1. The minimum Gasteiger partial charge on any atom is -0.378 e. The topological polar surface area (TPSA) is 130 Å². The van der Waals surface area contributed by atoms with Crippen molar-refractivity contribution in [3.63, 3.8) is 0 Å². The lowest BCUT2D eigenvalue weighted by Gasteiger charge is -2.29. The molecule has 0 aliphatic carbocycles. The number of rotatable bonds is 7. The molecule has 3 aromatic heterocycles. The molecular weight excluding hydrogens is 588 g/mol. The molecule has 7 rings (SSSR count). The van der Waals surface area contributed by atoms with Gasteiger partial charge in [-0.2, -0.15) is 5.48 Å². The first-order valence-electron chi connectivity index (χ1n) is 14.3. The monoisotopic (exact) mass is 616 g/mol. The summed E-state index contributed by atoms with van der Waals surface area (Å²) in [6.45, 7) is 3.14. The summed E-state index contributed by atoms with van der Waals surface area (Å²) in [5, 5.41) is 13.8. The number of ether oxygens (including phenoxy) is 1. The van der Waals surface area contributed by atoms with E-state index < -0.39 is 5.97 Å². The zero-order valence-electron chi connectivity index (χ0n) is 24.0. The highest BCUT2D eigenvalue weighted by Gasteiger charge is 2.20. The number of thiazole rings is 1.